The fourth-order valence-electron chi connectivity index (χ4n) is 2.21. The zero-order valence-corrected chi connectivity index (χ0v) is 10.5. The molecule has 1 aromatic heterocycles. The van der Waals surface area contributed by atoms with Gasteiger partial charge in [-0.05, 0) is 41.8 Å². The molecule has 3 rings (SSSR count). The Morgan fingerprint density at radius 2 is 1.89 bits per heavy atom. The van der Waals surface area contributed by atoms with Crippen molar-refractivity contribution in [2.24, 2.45) is 0 Å². The molecular formula is C16H14N2O. The first-order valence-electron chi connectivity index (χ1n) is 6.33. The molecule has 2 aromatic rings. The van der Waals surface area contributed by atoms with Gasteiger partial charge in [0, 0.05) is 24.6 Å². The highest BCUT2D eigenvalue weighted by molar-refractivity contribution is 6.02. The molecule has 1 amide bonds. The van der Waals surface area contributed by atoms with Gasteiger partial charge in [-0.15, -0.1) is 0 Å². The molecule has 0 saturated heterocycles. The van der Waals surface area contributed by atoms with E-state index in [0.717, 1.165) is 29.8 Å². The number of aromatic nitrogens is 1. The summed E-state index contributed by atoms with van der Waals surface area (Å²) in [5, 5.41) is 0. The monoisotopic (exact) mass is 250 g/mol. The maximum absolute atomic E-state index is 11.8. The average molecular weight is 250 g/mol. The first-order chi connectivity index (χ1) is 9.34. The van der Waals surface area contributed by atoms with E-state index in [1.165, 1.54) is 0 Å². The SMILES string of the molecule is O=C1C=CCCN1c1ccc(-c2cccnc2)cc1. The Labute approximate surface area is 112 Å². The van der Waals surface area contributed by atoms with Crippen molar-refractivity contribution in [1.82, 2.24) is 4.98 Å². The molecule has 0 bridgehead atoms. The molecular weight excluding hydrogens is 236 g/mol. The molecule has 0 unspecified atom stereocenters. The molecule has 0 radical (unpaired) electrons. The van der Waals surface area contributed by atoms with Crippen LogP contribution in [-0.2, 0) is 4.79 Å². The summed E-state index contributed by atoms with van der Waals surface area (Å²) in [6.07, 6.45) is 8.07. The number of hydrogen-bond acceptors (Lipinski definition) is 2. The quantitative estimate of drug-likeness (QED) is 0.820. The van der Waals surface area contributed by atoms with E-state index < -0.39 is 0 Å². The van der Waals surface area contributed by atoms with Crippen molar-refractivity contribution in [3.05, 3.63) is 60.9 Å². The number of amides is 1. The minimum absolute atomic E-state index is 0.0559. The van der Waals surface area contributed by atoms with Gasteiger partial charge in [0.15, 0.2) is 0 Å². The van der Waals surface area contributed by atoms with Crippen LogP contribution >= 0.6 is 0 Å². The van der Waals surface area contributed by atoms with Crippen molar-refractivity contribution in [3.63, 3.8) is 0 Å². The molecule has 1 aliphatic heterocycles. The number of hydrogen-bond donors (Lipinski definition) is 0. The van der Waals surface area contributed by atoms with Crippen molar-refractivity contribution in [2.75, 3.05) is 11.4 Å². The fraction of sp³-hybridized carbons (Fsp3) is 0.125. The second-order valence-electron chi connectivity index (χ2n) is 4.47. The lowest BCUT2D eigenvalue weighted by molar-refractivity contribution is -0.114. The lowest BCUT2D eigenvalue weighted by atomic mass is 10.1. The minimum Gasteiger partial charge on any atom is -0.309 e. The van der Waals surface area contributed by atoms with Crippen LogP contribution in [0.5, 0.6) is 0 Å². The summed E-state index contributed by atoms with van der Waals surface area (Å²) in [7, 11) is 0. The predicted octanol–water partition coefficient (Wildman–Crippen LogP) is 3.04. The summed E-state index contributed by atoms with van der Waals surface area (Å²) >= 11 is 0. The van der Waals surface area contributed by atoms with Crippen LogP contribution in [0.25, 0.3) is 11.1 Å². The first-order valence-corrected chi connectivity index (χ1v) is 6.33. The van der Waals surface area contributed by atoms with Gasteiger partial charge in [-0.2, -0.15) is 0 Å². The molecule has 2 heterocycles. The van der Waals surface area contributed by atoms with Crippen LogP contribution < -0.4 is 4.90 Å². The topological polar surface area (TPSA) is 33.2 Å². The van der Waals surface area contributed by atoms with Crippen LogP contribution in [0.15, 0.2) is 60.9 Å². The maximum Gasteiger partial charge on any atom is 0.250 e. The number of rotatable bonds is 2. The molecule has 0 spiro atoms. The summed E-state index contributed by atoms with van der Waals surface area (Å²) in [6, 6.07) is 12.0. The van der Waals surface area contributed by atoms with Gasteiger partial charge >= 0.3 is 0 Å². The molecule has 0 fully saturated rings. The Hall–Kier alpha value is -2.42. The second-order valence-corrected chi connectivity index (χ2v) is 4.47. The Bertz CT molecular complexity index is 602. The molecule has 1 aromatic carbocycles. The number of carbonyl (C=O) groups is 1. The molecule has 3 heteroatoms. The van der Waals surface area contributed by atoms with E-state index in [2.05, 4.69) is 4.98 Å². The Morgan fingerprint density at radius 3 is 2.58 bits per heavy atom. The average Bonchev–Trinajstić information content (AvgIpc) is 2.49. The van der Waals surface area contributed by atoms with Gasteiger partial charge in [-0.1, -0.05) is 24.3 Å². The maximum atomic E-state index is 11.8. The zero-order chi connectivity index (χ0) is 13.1. The normalized spacial score (nSPS) is 14.7. The van der Waals surface area contributed by atoms with Gasteiger partial charge in [-0.3, -0.25) is 9.78 Å². The van der Waals surface area contributed by atoms with E-state index in [0.29, 0.717) is 0 Å². The smallest absolute Gasteiger partial charge is 0.250 e. The number of nitrogens with zero attached hydrogens (tertiary/aromatic N) is 2. The first kappa shape index (κ1) is 11.7. The molecule has 0 saturated carbocycles. The summed E-state index contributed by atoms with van der Waals surface area (Å²) in [5.41, 5.74) is 3.14. The van der Waals surface area contributed by atoms with Crippen LogP contribution in [0.1, 0.15) is 6.42 Å². The van der Waals surface area contributed by atoms with Crippen LogP contribution in [0.2, 0.25) is 0 Å². The second kappa shape index (κ2) is 5.06. The Kier molecular flexibility index (Phi) is 3.11. The zero-order valence-electron chi connectivity index (χ0n) is 10.5. The van der Waals surface area contributed by atoms with Crippen LogP contribution in [0, 0.1) is 0 Å². The highest BCUT2D eigenvalue weighted by atomic mass is 16.2. The van der Waals surface area contributed by atoms with E-state index in [1.807, 2.05) is 48.7 Å². The summed E-state index contributed by atoms with van der Waals surface area (Å²) in [5.74, 6) is 0.0559. The van der Waals surface area contributed by atoms with Crippen molar-refractivity contribution in [2.45, 2.75) is 6.42 Å². The highest BCUT2D eigenvalue weighted by Crippen LogP contribution is 2.23. The Balaban J connectivity index is 1.87. The number of pyridine rings is 1. The highest BCUT2D eigenvalue weighted by Gasteiger charge is 2.15. The molecule has 0 N–H and O–H groups in total. The molecule has 3 nitrogen and oxygen atoms in total. The van der Waals surface area contributed by atoms with E-state index in [4.69, 9.17) is 0 Å². The van der Waals surface area contributed by atoms with Crippen molar-refractivity contribution >= 4 is 11.6 Å². The van der Waals surface area contributed by atoms with Crippen LogP contribution in [-0.4, -0.2) is 17.4 Å². The van der Waals surface area contributed by atoms with Gasteiger partial charge in [0.2, 0.25) is 0 Å². The number of benzene rings is 1. The fourth-order valence-corrected chi connectivity index (χ4v) is 2.21. The standard InChI is InChI=1S/C16H14N2O/c19-16-5-1-2-11-18(16)15-8-6-13(7-9-15)14-4-3-10-17-12-14/h1,3-10,12H,2,11H2. The third-order valence-corrected chi connectivity index (χ3v) is 3.22. The predicted molar refractivity (Wildman–Crippen MR) is 75.8 cm³/mol. The molecule has 0 atom stereocenters. The Morgan fingerprint density at radius 1 is 1.05 bits per heavy atom. The minimum atomic E-state index is 0.0559. The summed E-state index contributed by atoms with van der Waals surface area (Å²) < 4.78 is 0. The van der Waals surface area contributed by atoms with Gasteiger partial charge < -0.3 is 4.90 Å². The number of anilines is 1. The van der Waals surface area contributed by atoms with Gasteiger partial charge in [0.05, 0.1) is 0 Å². The van der Waals surface area contributed by atoms with Gasteiger partial charge in [0.1, 0.15) is 0 Å². The molecule has 94 valence electrons. The largest absolute Gasteiger partial charge is 0.309 e. The van der Waals surface area contributed by atoms with Crippen LogP contribution in [0.4, 0.5) is 5.69 Å². The molecule has 19 heavy (non-hydrogen) atoms. The third-order valence-electron chi connectivity index (χ3n) is 3.22. The molecule has 1 aliphatic rings. The summed E-state index contributed by atoms with van der Waals surface area (Å²) in [6.45, 7) is 0.752. The lowest BCUT2D eigenvalue weighted by Gasteiger charge is -2.23. The van der Waals surface area contributed by atoms with Crippen LogP contribution in [0.3, 0.4) is 0 Å². The van der Waals surface area contributed by atoms with Gasteiger partial charge in [0.25, 0.3) is 5.91 Å². The van der Waals surface area contributed by atoms with E-state index in [9.17, 15) is 4.79 Å². The third kappa shape index (κ3) is 2.40. The van der Waals surface area contributed by atoms with E-state index in [1.54, 1.807) is 17.2 Å². The van der Waals surface area contributed by atoms with Gasteiger partial charge in [-0.25, -0.2) is 0 Å². The lowest BCUT2D eigenvalue weighted by Crippen LogP contribution is -2.32. The van der Waals surface area contributed by atoms with E-state index >= 15 is 0 Å². The molecule has 0 aliphatic carbocycles. The van der Waals surface area contributed by atoms with E-state index in [-0.39, 0.29) is 5.91 Å². The van der Waals surface area contributed by atoms with Crippen molar-refractivity contribution in [3.8, 4) is 11.1 Å². The number of carbonyl (C=O) groups excluding carboxylic acids is 1. The van der Waals surface area contributed by atoms with Crippen molar-refractivity contribution in [1.29, 1.82) is 0 Å². The summed E-state index contributed by atoms with van der Waals surface area (Å²) in [4.78, 5) is 17.7. The van der Waals surface area contributed by atoms with Crippen molar-refractivity contribution < 1.29 is 4.79 Å².